The van der Waals surface area contributed by atoms with Gasteiger partial charge in [0.2, 0.25) is 0 Å². The van der Waals surface area contributed by atoms with Crippen LogP contribution in [0.5, 0.6) is 0 Å². The van der Waals surface area contributed by atoms with E-state index in [9.17, 15) is 0 Å². The third-order valence-electron chi connectivity index (χ3n) is 5.40. The first-order valence-corrected chi connectivity index (χ1v) is 7.28. The molecule has 3 fully saturated rings. The maximum Gasteiger partial charge on any atom is 0.0937 e. The molecule has 3 nitrogen and oxygen atoms in total. The van der Waals surface area contributed by atoms with Gasteiger partial charge in [-0.25, -0.2) is 0 Å². The lowest BCUT2D eigenvalue weighted by Gasteiger charge is -2.35. The molecule has 0 aromatic heterocycles. The average Bonchev–Trinajstić information content (AvgIpc) is 2.91. The first kappa shape index (κ1) is 11.5. The summed E-state index contributed by atoms with van der Waals surface area (Å²) < 4.78 is 0. The maximum absolute atomic E-state index is 7.51. The second-order valence-electron chi connectivity index (χ2n) is 6.47. The number of fused-ring (bicyclic) bond motifs is 2. The van der Waals surface area contributed by atoms with Crippen molar-refractivity contribution in [2.24, 2.45) is 29.4 Å². The van der Waals surface area contributed by atoms with Crippen LogP contribution in [0, 0.1) is 29.1 Å². The van der Waals surface area contributed by atoms with E-state index in [2.05, 4.69) is 4.90 Å². The number of piperidine rings is 1. The molecule has 0 spiro atoms. The normalized spacial score (nSPS) is 38.7. The lowest BCUT2D eigenvalue weighted by atomic mass is 9.87. The Kier molecular flexibility index (Phi) is 3.12. The van der Waals surface area contributed by atoms with E-state index in [4.69, 9.17) is 11.1 Å². The fourth-order valence-electron chi connectivity index (χ4n) is 4.36. The molecule has 0 aromatic rings. The third kappa shape index (κ3) is 2.35. The highest BCUT2D eigenvalue weighted by Gasteiger charge is 2.40. The smallest absolute Gasteiger partial charge is 0.0937 e. The van der Waals surface area contributed by atoms with Gasteiger partial charge in [-0.05, 0) is 62.9 Å². The third-order valence-corrected chi connectivity index (χ3v) is 5.40. The van der Waals surface area contributed by atoms with Gasteiger partial charge in [0.15, 0.2) is 0 Å². The van der Waals surface area contributed by atoms with Crippen molar-refractivity contribution in [1.29, 1.82) is 5.41 Å². The Balaban J connectivity index is 1.46. The SMILES string of the molecule is N=C(N)C1CCN(CC2CC3CCC2C3)CC1. The topological polar surface area (TPSA) is 53.1 Å². The molecule has 3 atom stereocenters. The van der Waals surface area contributed by atoms with Crippen LogP contribution in [0.3, 0.4) is 0 Å². The van der Waals surface area contributed by atoms with Gasteiger partial charge in [0.1, 0.15) is 0 Å². The fraction of sp³-hybridized carbons (Fsp3) is 0.929. The molecule has 3 rings (SSSR count). The van der Waals surface area contributed by atoms with Crippen LogP contribution >= 0.6 is 0 Å². The standard InChI is InChI=1S/C14H25N3/c15-14(16)11-3-5-17(6-4-11)9-13-8-10-1-2-12(13)7-10/h10-13H,1-9H2,(H3,15,16). The highest BCUT2D eigenvalue weighted by atomic mass is 15.1. The molecule has 0 amide bonds. The van der Waals surface area contributed by atoms with Gasteiger partial charge in [0, 0.05) is 12.5 Å². The van der Waals surface area contributed by atoms with Crippen molar-refractivity contribution >= 4 is 5.84 Å². The van der Waals surface area contributed by atoms with E-state index < -0.39 is 0 Å². The second-order valence-corrected chi connectivity index (χ2v) is 6.47. The van der Waals surface area contributed by atoms with Crippen molar-refractivity contribution in [3.05, 3.63) is 0 Å². The molecule has 0 radical (unpaired) electrons. The summed E-state index contributed by atoms with van der Waals surface area (Å²) in [6.07, 6.45) is 8.24. The van der Waals surface area contributed by atoms with E-state index in [1.165, 1.54) is 32.2 Å². The molecular weight excluding hydrogens is 210 g/mol. The summed E-state index contributed by atoms with van der Waals surface area (Å²) >= 11 is 0. The minimum Gasteiger partial charge on any atom is -0.387 e. The molecule has 3 unspecified atom stereocenters. The summed E-state index contributed by atoms with van der Waals surface area (Å²) in [5.41, 5.74) is 5.59. The Hall–Kier alpha value is -0.570. The van der Waals surface area contributed by atoms with Crippen molar-refractivity contribution in [3.8, 4) is 0 Å². The van der Waals surface area contributed by atoms with Crippen molar-refractivity contribution in [2.45, 2.75) is 38.5 Å². The predicted octanol–water partition coefficient (Wildman–Crippen LogP) is 2.07. The summed E-state index contributed by atoms with van der Waals surface area (Å²) in [6.45, 7) is 3.65. The number of amidine groups is 1. The zero-order valence-corrected chi connectivity index (χ0v) is 10.7. The lowest BCUT2D eigenvalue weighted by molar-refractivity contribution is 0.154. The summed E-state index contributed by atoms with van der Waals surface area (Å²) in [5.74, 6) is 3.88. The molecule has 17 heavy (non-hydrogen) atoms. The largest absolute Gasteiger partial charge is 0.387 e. The minimum atomic E-state index is 0.367. The van der Waals surface area contributed by atoms with Gasteiger partial charge < -0.3 is 10.6 Å². The van der Waals surface area contributed by atoms with Gasteiger partial charge in [-0.1, -0.05) is 6.42 Å². The molecule has 2 bridgehead atoms. The lowest BCUT2D eigenvalue weighted by Crippen LogP contribution is -2.41. The number of likely N-dealkylation sites (tertiary alicyclic amines) is 1. The van der Waals surface area contributed by atoms with Crippen LogP contribution in [0.25, 0.3) is 0 Å². The summed E-state index contributed by atoms with van der Waals surface area (Å²) in [6, 6.07) is 0. The number of nitrogens with two attached hydrogens (primary N) is 1. The molecule has 2 aliphatic carbocycles. The molecular formula is C14H25N3. The van der Waals surface area contributed by atoms with E-state index in [1.54, 1.807) is 0 Å². The summed E-state index contributed by atoms with van der Waals surface area (Å²) in [5, 5.41) is 7.51. The maximum atomic E-state index is 7.51. The fourth-order valence-corrected chi connectivity index (χ4v) is 4.36. The van der Waals surface area contributed by atoms with Crippen LogP contribution in [0.4, 0.5) is 0 Å². The highest BCUT2D eigenvalue weighted by molar-refractivity contribution is 5.79. The Bertz CT molecular complexity index is 294. The number of nitrogens with one attached hydrogen (secondary N) is 1. The molecule has 2 saturated carbocycles. The van der Waals surface area contributed by atoms with E-state index in [-0.39, 0.29) is 0 Å². The molecule has 1 saturated heterocycles. The first-order valence-electron chi connectivity index (χ1n) is 7.28. The quantitative estimate of drug-likeness (QED) is 0.581. The zero-order valence-electron chi connectivity index (χ0n) is 10.7. The highest BCUT2D eigenvalue weighted by Crippen LogP contribution is 2.48. The van der Waals surface area contributed by atoms with Crippen LogP contribution in [0.15, 0.2) is 0 Å². The van der Waals surface area contributed by atoms with Gasteiger partial charge in [0.25, 0.3) is 0 Å². The monoisotopic (exact) mass is 235 g/mol. The molecule has 1 aliphatic heterocycles. The average molecular weight is 235 g/mol. The van der Waals surface area contributed by atoms with Crippen molar-refractivity contribution in [1.82, 2.24) is 4.90 Å². The zero-order chi connectivity index (χ0) is 11.8. The molecule has 3 heteroatoms. The van der Waals surface area contributed by atoms with E-state index in [0.717, 1.165) is 43.7 Å². The van der Waals surface area contributed by atoms with E-state index >= 15 is 0 Å². The van der Waals surface area contributed by atoms with Gasteiger partial charge in [0.05, 0.1) is 5.84 Å². The molecule has 3 N–H and O–H groups in total. The Morgan fingerprint density at radius 3 is 2.41 bits per heavy atom. The Morgan fingerprint density at radius 2 is 1.88 bits per heavy atom. The molecule has 3 aliphatic rings. The molecule has 1 heterocycles. The Labute approximate surface area is 104 Å². The van der Waals surface area contributed by atoms with E-state index in [0.29, 0.717) is 11.8 Å². The van der Waals surface area contributed by atoms with Gasteiger partial charge in [-0.3, -0.25) is 5.41 Å². The number of nitrogens with zero attached hydrogens (tertiary/aromatic N) is 1. The van der Waals surface area contributed by atoms with Crippen LogP contribution < -0.4 is 5.73 Å². The van der Waals surface area contributed by atoms with Crippen LogP contribution in [0.2, 0.25) is 0 Å². The van der Waals surface area contributed by atoms with Crippen LogP contribution in [0.1, 0.15) is 38.5 Å². The van der Waals surface area contributed by atoms with E-state index in [1.807, 2.05) is 0 Å². The molecule has 0 aromatic carbocycles. The van der Waals surface area contributed by atoms with Crippen molar-refractivity contribution in [2.75, 3.05) is 19.6 Å². The Morgan fingerprint density at radius 1 is 1.12 bits per heavy atom. The van der Waals surface area contributed by atoms with Crippen LogP contribution in [-0.2, 0) is 0 Å². The summed E-state index contributed by atoms with van der Waals surface area (Å²) in [4.78, 5) is 2.63. The molecule has 96 valence electrons. The first-order chi connectivity index (χ1) is 8.22. The van der Waals surface area contributed by atoms with Crippen molar-refractivity contribution in [3.63, 3.8) is 0 Å². The van der Waals surface area contributed by atoms with Gasteiger partial charge in [-0.15, -0.1) is 0 Å². The number of rotatable bonds is 3. The van der Waals surface area contributed by atoms with Crippen molar-refractivity contribution < 1.29 is 0 Å². The number of hydrogen-bond acceptors (Lipinski definition) is 2. The van der Waals surface area contributed by atoms with Crippen LogP contribution in [-0.4, -0.2) is 30.4 Å². The minimum absolute atomic E-state index is 0.367. The van der Waals surface area contributed by atoms with Gasteiger partial charge in [-0.2, -0.15) is 0 Å². The predicted molar refractivity (Wildman–Crippen MR) is 70.0 cm³/mol. The summed E-state index contributed by atoms with van der Waals surface area (Å²) in [7, 11) is 0. The van der Waals surface area contributed by atoms with Gasteiger partial charge >= 0.3 is 0 Å². The number of hydrogen-bond donors (Lipinski definition) is 2. The second kappa shape index (κ2) is 4.60.